The van der Waals surface area contributed by atoms with E-state index in [1.807, 2.05) is 18.2 Å². The van der Waals surface area contributed by atoms with Crippen LogP contribution in [0.25, 0.3) is 0 Å². The molecule has 1 aromatic rings. The average Bonchev–Trinajstić information content (AvgIpc) is 2.83. The Morgan fingerprint density at radius 1 is 1.19 bits per heavy atom. The molecular formula is C19H27N3O5. The maximum atomic E-state index is 12.1. The first kappa shape index (κ1) is 20.5. The van der Waals surface area contributed by atoms with Crippen molar-refractivity contribution in [2.24, 2.45) is 0 Å². The standard InChI is InChI=1S/C19H27N3O5/c1-19(2)17(24)22(18(25)21-19)11-5-6-16(23)20-10-9-13-7-8-14(26-3)15(12-13)27-4/h7-8,12H,5-6,9-11H2,1-4H3,(H,20,23)(H,21,25). The van der Waals surface area contributed by atoms with Crippen molar-refractivity contribution in [3.05, 3.63) is 23.8 Å². The Hall–Kier alpha value is -2.77. The van der Waals surface area contributed by atoms with Crippen LogP contribution in [0.2, 0.25) is 0 Å². The normalized spacial score (nSPS) is 15.5. The van der Waals surface area contributed by atoms with E-state index in [2.05, 4.69) is 10.6 Å². The number of imide groups is 1. The van der Waals surface area contributed by atoms with E-state index in [1.165, 1.54) is 0 Å². The lowest BCUT2D eigenvalue weighted by Crippen LogP contribution is -2.40. The van der Waals surface area contributed by atoms with Crippen LogP contribution in [0.5, 0.6) is 11.5 Å². The zero-order chi connectivity index (χ0) is 20.0. The highest BCUT2D eigenvalue weighted by molar-refractivity contribution is 6.06. The number of carbonyl (C=O) groups is 3. The van der Waals surface area contributed by atoms with Crippen LogP contribution in [0.3, 0.4) is 0 Å². The van der Waals surface area contributed by atoms with Crippen molar-refractivity contribution in [3.63, 3.8) is 0 Å². The molecule has 1 fully saturated rings. The largest absolute Gasteiger partial charge is 0.493 e. The second-order valence-electron chi connectivity index (χ2n) is 6.90. The van der Waals surface area contributed by atoms with Gasteiger partial charge in [0.25, 0.3) is 5.91 Å². The minimum absolute atomic E-state index is 0.109. The zero-order valence-corrected chi connectivity index (χ0v) is 16.3. The third-order valence-electron chi connectivity index (χ3n) is 4.41. The van der Waals surface area contributed by atoms with Crippen molar-refractivity contribution in [2.75, 3.05) is 27.3 Å². The van der Waals surface area contributed by atoms with Gasteiger partial charge in [0.05, 0.1) is 14.2 Å². The van der Waals surface area contributed by atoms with Gasteiger partial charge in [-0.15, -0.1) is 0 Å². The number of amides is 4. The lowest BCUT2D eigenvalue weighted by atomic mass is 10.1. The summed E-state index contributed by atoms with van der Waals surface area (Å²) < 4.78 is 10.5. The number of methoxy groups -OCH3 is 2. The summed E-state index contributed by atoms with van der Waals surface area (Å²) in [7, 11) is 3.16. The number of hydrogen-bond acceptors (Lipinski definition) is 5. The summed E-state index contributed by atoms with van der Waals surface area (Å²) in [6, 6.07) is 5.23. The summed E-state index contributed by atoms with van der Waals surface area (Å²) in [5.74, 6) is 0.940. The van der Waals surface area contributed by atoms with Crippen LogP contribution in [-0.4, -0.2) is 55.6 Å². The fraction of sp³-hybridized carbons (Fsp3) is 0.526. The number of hydrogen-bond donors (Lipinski definition) is 2. The molecule has 0 aliphatic carbocycles. The van der Waals surface area contributed by atoms with Crippen molar-refractivity contribution in [2.45, 2.75) is 38.6 Å². The van der Waals surface area contributed by atoms with Gasteiger partial charge in [-0.2, -0.15) is 0 Å². The molecule has 2 rings (SSSR count). The number of urea groups is 1. The molecule has 4 amide bonds. The number of benzene rings is 1. The predicted octanol–water partition coefficient (Wildman–Crippen LogP) is 1.47. The molecule has 0 bridgehead atoms. The van der Waals surface area contributed by atoms with Crippen molar-refractivity contribution in [1.29, 1.82) is 0 Å². The third kappa shape index (κ3) is 5.12. The van der Waals surface area contributed by atoms with Gasteiger partial charge in [0, 0.05) is 19.5 Å². The molecule has 0 spiro atoms. The molecule has 27 heavy (non-hydrogen) atoms. The zero-order valence-electron chi connectivity index (χ0n) is 16.3. The van der Waals surface area contributed by atoms with E-state index in [0.717, 1.165) is 10.5 Å². The van der Waals surface area contributed by atoms with Crippen LogP contribution in [0.4, 0.5) is 4.79 Å². The van der Waals surface area contributed by atoms with Gasteiger partial charge >= 0.3 is 6.03 Å². The lowest BCUT2D eigenvalue weighted by molar-refractivity contribution is -0.130. The van der Waals surface area contributed by atoms with E-state index in [9.17, 15) is 14.4 Å². The van der Waals surface area contributed by atoms with Crippen molar-refractivity contribution in [3.8, 4) is 11.5 Å². The van der Waals surface area contributed by atoms with E-state index in [-0.39, 0.29) is 24.8 Å². The molecule has 0 atom stereocenters. The fourth-order valence-corrected chi connectivity index (χ4v) is 2.89. The van der Waals surface area contributed by atoms with Gasteiger partial charge in [-0.3, -0.25) is 14.5 Å². The first-order chi connectivity index (χ1) is 12.8. The SMILES string of the molecule is COc1ccc(CCNC(=O)CCCN2C(=O)NC(C)(C)C2=O)cc1OC. The van der Waals surface area contributed by atoms with Crippen molar-refractivity contribution in [1.82, 2.24) is 15.5 Å². The highest BCUT2D eigenvalue weighted by Gasteiger charge is 2.43. The second-order valence-corrected chi connectivity index (χ2v) is 6.90. The summed E-state index contributed by atoms with van der Waals surface area (Å²) in [5, 5.41) is 5.47. The number of ether oxygens (including phenoxy) is 2. The monoisotopic (exact) mass is 377 g/mol. The Bertz CT molecular complexity index is 717. The highest BCUT2D eigenvalue weighted by atomic mass is 16.5. The van der Waals surface area contributed by atoms with Crippen LogP contribution in [0.15, 0.2) is 18.2 Å². The molecule has 1 saturated heterocycles. The predicted molar refractivity (Wildman–Crippen MR) is 99.8 cm³/mol. The quantitative estimate of drug-likeness (QED) is 0.635. The molecule has 1 aliphatic rings. The Kier molecular flexibility index (Phi) is 6.65. The fourth-order valence-electron chi connectivity index (χ4n) is 2.89. The second kappa shape index (κ2) is 8.75. The summed E-state index contributed by atoms with van der Waals surface area (Å²) in [6.45, 7) is 4.05. The first-order valence-corrected chi connectivity index (χ1v) is 8.90. The molecule has 8 heteroatoms. The molecular weight excluding hydrogens is 350 g/mol. The van der Waals surface area contributed by atoms with Gasteiger partial charge < -0.3 is 20.1 Å². The third-order valence-corrected chi connectivity index (χ3v) is 4.41. The Morgan fingerprint density at radius 2 is 1.89 bits per heavy atom. The molecule has 148 valence electrons. The van der Waals surface area contributed by atoms with E-state index in [0.29, 0.717) is 30.9 Å². The molecule has 1 heterocycles. The molecule has 0 radical (unpaired) electrons. The van der Waals surface area contributed by atoms with Crippen LogP contribution in [0, 0.1) is 0 Å². The van der Waals surface area contributed by atoms with Crippen LogP contribution < -0.4 is 20.1 Å². The van der Waals surface area contributed by atoms with Gasteiger partial charge in [-0.05, 0) is 44.4 Å². The molecule has 8 nitrogen and oxygen atoms in total. The van der Waals surface area contributed by atoms with Gasteiger partial charge in [0.15, 0.2) is 11.5 Å². The highest BCUT2D eigenvalue weighted by Crippen LogP contribution is 2.27. The first-order valence-electron chi connectivity index (χ1n) is 8.90. The Labute approximate surface area is 159 Å². The minimum atomic E-state index is -0.876. The van der Waals surface area contributed by atoms with Gasteiger partial charge in [0.2, 0.25) is 5.91 Å². The molecule has 0 saturated carbocycles. The summed E-state index contributed by atoms with van der Waals surface area (Å²) >= 11 is 0. The van der Waals surface area contributed by atoms with Crippen LogP contribution >= 0.6 is 0 Å². The number of carbonyl (C=O) groups excluding carboxylic acids is 3. The van der Waals surface area contributed by atoms with E-state index in [1.54, 1.807) is 28.1 Å². The van der Waals surface area contributed by atoms with Crippen molar-refractivity contribution < 1.29 is 23.9 Å². The van der Waals surface area contributed by atoms with Crippen molar-refractivity contribution >= 4 is 17.8 Å². The van der Waals surface area contributed by atoms with E-state index in [4.69, 9.17) is 9.47 Å². The van der Waals surface area contributed by atoms with Crippen LogP contribution in [0.1, 0.15) is 32.3 Å². The van der Waals surface area contributed by atoms with Gasteiger partial charge in [-0.1, -0.05) is 6.07 Å². The summed E-state index contributed by atoms with van der Waals surface area (Å²) in [6.07, 6.45) is 1.34. The lowest BCUT2D eigenvalue weighted by Gasteiger charge is -2.15. The maximum Gasteiger partial charge on any atom is 0.325 e. The summed E-state index contributed by atoms with van der Waals surface area (Å²) in [5.41, 5.74) is 0.146. The number of rotatable bonds is 9. The average molecular weight is 377 g/mol. The van der Waals surface area contributed by atoms with E-state index >= 15 is 0 Å². The molecule has 2 N–H and O–H groups in total. The van der Waals surface area contributed by atoms with Crippen LogP contribution in [-0.2, 0) is 16.0 Å². The summed E-state index contributed by atoms with van der Waals surface area (Å²) in [4.78, 5) is 37.0. The topological polar surface area (TPSA) is 97.0 Å². The number of nitrogens with one attached hydrogen (secondary N) is 2. The van der Waals surface area contributed by atoms with Gasteiger partial charge in [-0.25, -0.2) is 4.79 Å². The smallest absolute Gasteiger partial charge is 0.325 e. The number of nitrogens with zero attached hydrogens (tertiary/aromatic N) is 1. The van der Waals surface area contributed by atoms with E-state index < -0.39 is 11.6 Å². The molecule has 1 aromatic carbocycles. The molecule has 0 unspecified atom stereocenters. The van der Waals surface area contributed by atoms with Gasteiger partial charge in [0.1, 0.15) is 5.54 Å². The molecule has 1 aliphatic heterocycles. The maximum absolute atomic E-state index is 12.1. The Morgan fingerprint density at radius 3 is 2.48 bits per heavy atom. The molecule has 0 aromatic heterocycles. The minimum Gasteiger partial charge on any atom is -0.493 e. The Balaban J connectivity index is 1.71.